The smallest absolute Gasteiger partial charge is 0.161 e. The number of carbonyl (C=O) groups excluding carboxylic acids is 1. The maximum Gasteiger partial charge on any atom is 0.161 e. The van der Waals surface area contributed by atoms with E-state index < -0.39 is 5.60 Å². The van der Waals surface area contributed by atoms with E-state index in [0.29, 0.717) is 18.3 Å². The van der Waals surface area contributed by atoms with E-state index in [2.05, 4.69) is 40.7 Å². The van der Waals surface area contributed by atoms with Crippen molar-refractivity contribution >= 4 is 5.78 Å². The number of rotatable bonds is 6. The van der Waals surface area contributed by atoms with Gasteiger partial charge >= 0.3 is 0 Å². The molecule has 8 atom stereocenters. The van der Waals surface area contributed by atoms with Crippen molar-refractivity contribution in [3.63, 3.8) is 0 Å². The second-order valence-electron chi connectivity index (χ2n) is 13.1. The highest BCUT2D eigenvalue weighted by atomic mass is 16.3. The van der Waals surface area contributed by atoms with Gasteiger partial charge in [-0.25, -0.2) is 0 Å². The monoisotopic (exact) mass is 428 g/mol. The fraction of sp³-hybridized carbons (Fsp3) is 0.897. The Labute approximate surface area is 191 Å². The Hall–Kier alpha value is -0.630. The summed E-state index contributed by atoms with van der Waals surface area (Å²) >= 11 is 0. The zero-order valence-electron chi connectivity index (χ0n) is 21.2. The molecule has 0 saturated heterocycles. The summed E-state index contributed by atoms with van der Waals surface area (Å²) in [6.07, 6.45) is 15.6. The summed E-state index contributed by atoms with van der Waals surface area (Å²) in [5.41, 5.74) is 1.02. The van der Waals surface area contributed by atoms with E-state index in [1.54, 1.807) is 6.92 Å². The second kappa shape index (κ2) is 8.30. The summed E-state index contributed by atoms with van der Waals surface area (Å²) in [6.45, 7) is 14.0. The Morgan fingerprint density at radius 1 is 1.06 bits per heavy atom. The van der Waals surface area contributed by atoms with Gasteiger partial charge in [0.2, 0.25) is 0 Å². The lowest BCUT2D eigenvalue weighted by Gasteiger charge is -2.59. The molecule has 4 aliphatic carbocycles. The summed E-state index contributed by atoms with van der Waals surface area (Å²) in [6, 6.07) is 0. The molecule has 0 radical (unpaired) electrons. The van der Waals surface area contributed by atoms with Crippen LogP contribution >= 0.6 is 0 Å². The predicted molar refractivity (Wildman–Crippen MR) is 129 cm³/mol. The number of allylic oxidation sites excluding steroid dienone is 1. The van der Waals surface area contributed by atoms with Gasteiger partial charge in [-0.3, -0.25) is 4.79 Å². The maximum atomic E-state index is 12.1. The third kappa shape index (κ3) is 3.87. The number of hydrogen-bond acceptors (Lipinski definition) is 2. The van der Waals surface area contributed by atoms with Gasteiger partial charge in [-0.2, -0.15) is 0 Å². The minimum atomic E-state index is -1.11. The largest absolute Gasteiger partial charge is 0.382 e. The standard InChI is InChI=1S/C29H48O2/c1-19(2)8-7-9-20(3)24-12-13-25-23-11-10-22-18-29(31,21(4)30)17-16-27(22,5)26(23)14-15-28(24,25)6/h10,19-20,23-26,31H,7-9,11-18H2,1-6H3/t20-,23+,24-,25+,26+,27+,28-,29+/m1/s1. The summed E-state index contributed by atoms with van der Waals surface area (Å²) in [4.78, 5) is 12.1. The molecule has 0 heterocycles. The maximum absolute atomic E-state index is 12.1. The Morgan fingerprint density at radius 3 is 2.48 bits per heavy atom. The molecule has 0 unspecified atom stereocenters. The first-order valence-corrected chi connectivity index (χ1v) is 13.4. The lowest BCUT2D eigenvalue weighted by Crippen LogP contribution is -2.53. The lowest BCUT2D eigenvalue weighted by molar-refractivity contribution is -0.140. The molecule has 2 nitrogen and oxygen atoms in total. The van der Waals surface area contributed by atoms with Crippen molar-refractivity contribution in [3.8, 4) is 0 Å². The van der Waals surface area contributed by atoms with Gasteiger partial charge in [-0.15, -0.1) is 0 Å². The van der Waals surface area contributed by atoms with Crippen molar-refractivity contribution in [1.82, 2.24) is 0 Å². The Bertz CT molecular complexity index is 722. The van der Waals surface area contributed by atoms with Crippen LogP contribution < -0.4 is 0 Å². The van der Waals surface area contributed by atoms with Crippen molar-refractivity contribution < 1.29 is 9.90 Å². The van der Waals surface area contributed by atoms with Crippen LogP contribution in [0.2, 0.25) is 0 Å². The van der Waals surface area contributed by atoms with E-state index >= 15 is 0 Å². The van der Waals surface area contributed by atoms with E-state index in [1.807, 2.05) is 0 Å². The van der Waals surface area contributed by atoms with Crippen molar-refractivity contribution in [2.75, 3.05) is 0 Å². The average molecular weight is 429 g/mol. The van der Waals surface area contributed by atoms with Crippen molar-refractivity contribution in [1.29, 1.82) is 0 Å². The molecule has 3 saturated carbocycles. The lowest BCUT2D eigenvalue weighted by atomic mass is 9.46. The first-order chi connectivity index (χ1) is 14.5. The van der Waals surface area contributed by atoms with Crippen LogP contribution in [0.1, 0.15) is 112 Å². The van der Waals surface area contributed by atoms with Crippen LogP contribution in [0.3, 0.4) is 0 Å². The summed E-state index contributed by atoms with van der Waals surface area (Å²) in [5, 5.41) is 10.9. The van der Waals surface area contributed by atoms with Crippen molar-refractivity contribution in [2.45, 2.75) is 118 Å². The molecule has 0 aliphatic heterocycles. The highest BCUT2D eigenvalue weighted by molar-refractivity contribution is 5.85. The summed E-state index contributed by atoms with van der Waals surface area (Å²) < 4.78 is 0. The van der Waals surface area contributed by atoms with Crippen LogP contribution in [0.25, 0.3) is 0 Å². The molecule has 0 bridgehead atoms. The Kier molecular flexibility index (Phi) is 6.30. The molecule has 31 heavy (non-hydrogen) atoms. The van der Waals surface area contributed by atoms with Gasteiger partial charge in [0.15, 0.2) is 5.78 Å². The quantitative estimate of drug-likeness (QED) is 0.449. The number of Topliss-reactive ketones (excluding diaryl/α,β-unsaturated/α-hetero) is 1. The number of aliphatic hydroxyl groups is 1. The van der Waals surface area contributed by atoms with Gasteiger partial charge < -0.3 is 5.11 Å². The van der Waals surface area contributed by atoms with Gasteiger partial charge in [0.1, 0.15) is 5.60 Å². The average Bonchev–Trinajstić information content (AvgIpc) is 3.05. The van der Waals surface area contributed by atoms with Crippen LogP contribution in [-0.4, -0.2) is 16.5 Å². The Balaban J connectivity index is 1.51. The number of hydrogen-bond donors (Lipinski definition) is 1. The topological polar surface area (TPSA) is 37.3 Å². The van der Waals surface area contributed by atoms with Gasteiger partial charge in [0.05, 0.1) is 0 Å². The van der Waals surface area contributed by atoms with Gasteiger partial charge in [-0.1, -0.05) is 65.5 Å². The number of fused-ring (bicyclic) bond motifs is 5. The molecule has 3 fully saturated rings. The summed E-state index contributed by atoms with van der Waals surface area (Å²) in [5.74, 6) is 4.97. The first-order valence-electron chi connectivity index (χ1n) is 13.4. The Morgan fingerprint density at radius 2 is 1.81 bits per heavy atom. The summed E-state index contributed by atoms with van der Waals surface area (Å²) in [7, 11) is 0. The molecule has 0 amide bonds. The predicted octanol–water partition coefficient (Wildman–Crippen LogP) is 7.35. The van der Waals surface area contributed by atoms with E-state index in [9.17, 15) is 9.90 Å². The minimum absolute atomic E-state index is 0.0427. The molecule has 176 valence electrons. The fourth-order valence-electron chi connectivity index (χ4n) is 8.97. The molecule has 4 aliphatic rings. The van der Waals surface area contributed by atoms with E-state index in [-0.39, 0.29) is 11.2 Å². The molecule has 0 aromatic heterocycles. The highest BCUT2D eigenvalue weighted by Crippen LogP contribution is 2.67. The third-order valence-electron chi connectivity index (χ3n) is 11.0. The number of carbonyl (C=O) groups is 1. The van der Waals surface area contributed by atoms with Crippen LogP contribution in [0.5, 0.6) is 0 Å². The van der Waals surface area contributed by atoms with Gasteiger partial charge in [0.25, 0.3) is 0 Å². The molecule has 4 rings (SSSR count). The first kappa shape index (κ1) is 23.5. The number of ketones is 1. The van der Waals surface area contributed by atoms with Crippen molar-refractivity contribution in [2.24, 2.45) is 46.3 Å². The second-order valence-corrected chi connectivity index (χ2v) is 13.1. The van der Waals surface area contributed by atoms with Gasteiger partial charge in [-0.05, 0) is 98.2 Å². The molecular weight excluding hydrogens is 380 g/mol. The molecule has 2 heteroatoms. The molecule has 1 N–H and O–H groups in total. The molecular formula is C29H48O2. The molecule has 0 aromatic rings. The van der Waals surface area contributed by atoms with E-state index in [1.165, 1.54) is 56.9 Å². The van der Waals surface area contributed by atoms with Crippen LogP contribution in [0.15, 0.2) is 11.6 Å². The van der Waals surface area contributed by atoms with Gasteiger partial charge in [0, 0.05) is 6.42 Å². The molecule has 0 spiro atoms. The van der Waals surface area contributed by atoms with Crippen LogP contribution in [0.4, 0.5) is 0 Å². The van der Waals surface area contributed by atoms with Crippen LogP contribution in [0, 0.1) is 46.3 Å². The zero-order valence-corrected chi connectivity index (χ0v) is 21.2. The van der Waals surface area contributed by atoms with Crippen LogP contribution in [-0.2, 0) is 4.79 Å². The SMILES string of the molecule is CC(=O)[C@]1(O)CC[C@@]2(C)C(=CC[C@H]3[C@@H]4CC[C@H]([C@H](C)CCCC(C)C)[C@@]4(C)CC[C@@H]32)C1. The third-order valence-corrected chi connectivity index (χ3v) is 11.0. The normalized spacial score (nSPS) is 45.5. The zero-order chi connectivity index (χ0) is 22.6. The minimum Gasteiger partial charge on any atom is -0.382 e. The highest BCUT2D eigenvalue weighted by Gasteiger charge is 2.60. The van der Waals surface area contributed by atoms with E-state index in [0.717, 1.165) is 41.9 Å². The fourth-order valence-corrected chi connectivity index (χ4v) is 8.97. The van der Waals surface area contributed by atoms with E-state index in [4.69, 9.17) is 0 Å². The molecule has 0 aromatic carbocycles. The van der Waals surface area contributed by atoms with Crippen molar-refractivity contribution in [3.05, 3.63) is 11.6 Å².